The first-order chi connectivity index (χ1) is 6.86. The molecule has 0 bridgehead atoms. The van der Waals surface area contributed by atoms with Crippen LogP contribution in [-0.2, 0) is 4.74 Å². The van der Waals surface area contributed by atoms with Crippen molar-refractivity contribution in [2.75, 3.05) is 19.8 Å². The Morgan fingerprint density at radius 3 is 3.29 bits per heavy atom. The summed E-state index contributed by atoms with van der Waals surface area (Å²) in [5.74, 6) is 0. The van der Waals surface area contributed by atoms with E-state index in [2.05, 4.69) is 5.32 Å². The number of morpholine rings is 1. The zero-order valence-corrected chi connectivity index (χ0v) is 8.80. The number of thiophene rings is 1. The molecule has 4 heteroatoms. The van der Waals surface area contributed by atoms with Gasteiger partial charge >= 0.3 is 0 Å². The summed E-state index contributed by atoms with van der Waals surface area (Å²) >= 11 is 1.60. The van der Waals surface area contributed by atoms with E-state index >= 15 is 0 Å². The molecule has 0 amide bonds. The summed E-state index contributed by atoms with van der Waals surface area (Å²) in [4.78, 5) is 1.04. The Bertz CT molecular complexity index is 257. The van der Waals surface area contributed by atoms with Crippen LogP contribution in [0, 0.1) is 0 Å². The number of nitrogens with one attached hydrogen (secondary N) is 1. The molecule has 2 heterocycles. The average molecular weight is 213 g/mol. The lowest BCUT2D eigenvalue weighted by Gasteiger charge is -2.25. The van der Waals surface area contributed by atoms with Crippen molar-refractivity contribution >= 4 is 11.3 Å². The molecule has 0 saturated carbocycles. The largest absolute Gasteiger partial charge is 0.388 e. The van der Waals surface area contributed by atoms with Gasteiger partial charge in [-0.05, 0) is 17.9 Å². The van der Waals surface area contributed by atoms with E-state index in [1.54, 1.807) is 11.3 Å². The van der Waals surface area contributed by atoms with Crippen LogP contribution >= 0.6 is 11.3 Å². The maximum absolute atomic E-state index is 9.88. The zero-order chi connectivity index (χ0) is 9.80. The second-order valence-electron chi connectivity index (χ2n) is 3.49. The first kappa shape index (κ1) is 10.1. The van der Waals surface area contributed by atoms with Crippen LogP contribution in [0.5, 0.6) is 0 Å². The molecular weight excluding hydrogens is 198 g/mol. The maximum Gasteiger partial charge on any atom is 0.0897 e. The van der Waals surface area contributed by atoms with Crippen molar-refractivity contribution in [1.82, 2.24) is 5.32 Å². The smallest absolute Gasteiger partial charge is 0.0897 e. The predicted octanol–water partition coefficient (Wildman–Crippen LogP) is 1.16. The molecule has 0 aliphatic carbocycles. The first-order valence-electron chi connectivity index (χ1n) is 4.89. The number of hydrogen-bond acceptors (Lipinski definition) is 4. The fourth-order valence-electron chi connectivity index (χ4n) is 1.64. The monoisotopic (exact) mass is 213 g/mol. The molecule has 1 fully saturated rings. The molecule has 3 nitrogen and oxygen atoms in total. The van der Waals surface area contributed by atoms with Crippen LogP contribution in [0.3, 0.4) is 0 Å². The van der Waals surface area contributed by atoms with E-state index in [9.17, 15) is 5.11 Å². The van der Waals surface area contributed by atoms with Crippen molar-refractivity contribution in [3.05, 3.63) is 22.4 Å². The minimum Gasteiger partial charge on any atom is -0.388 e. The van der Waals surface area contributed by atoms with Gasteiger partial charge in [-0.1, -0.05) is 6.07 Å². The standard InChI is InChI=1S/C10H15NO2S/c12-9(10-2-1-5-14-10)6-8-7-13-4-3-11-8/h1-2,5,8-9,11-12H,3-4,6-7H2/t8-,9-/m1/s1. The van der Waals surface area contributed by atoms with E-state index in [1.165, 1.54) is 0 Å². The van der Waals surface area contributed by atoms with Crippen LogP contribution in [0.25, 0.3) is 0 Å². The van der Waals surface area contributed by atoms with Crippen LogP contribution in [0.1, 0.15) is 17.4 Å². The first-order valence-corrected chi connectivity index (χ1v) is 5.77. The molecule has 0 radical (unpaired) electrons. The lowest BCUT2D eigenvalue weighted by atomic mass is 10.1. The fourth-order valence-corrected chi connectivity index (χ4v) is 2.36. The Balaban J connectivity index is 1.84. The third kappa shape index (κ3) is 2.54. The minimum absolute atomic E-state index is 0.292. The Morgan fingerprint density at radius 1 is 1.71 bits per heavy atom. The number of aliphatic hydroxyl groups excluding tert-OH is 1. The normalized spacial score (nSPS) is 24.8. The highest BCUT2D eigenvalue weighted by atomic mass is 32.1. The van der Waals surface area contributed by atoms with E-state index in [0.717, 1.165) is 24.4 Å². The second-order valence-corrected chi connectivity index (χ2v) is 4.47. The highest BCUT2D eigenvalue weighted by Gasteiger charge is 2.18. The third-order valence-electron chi connectivity index (χ3n) is 2.38. The summed E-state index contributed by atoms with van der Waals surface area (Å²) in [5, 5.41) is 15.2. The Hall–Kier alpha value is -0.420. The molecule has 1 aliphatic rings. The van der Waals surface area contributed by atoms with Crippen LogP contribution in [-0.4, -0.2) is 30.9 Å². The minimum atomic E-state index is -0.353. The van der Waals surface area contributed by atoms with E-state index < -0.39 is 0 Å². The fraction of sp³-hybridized carbons (Fsp3) is 0.600. The molecule has 0 unspecified atom stereocenters. The summed E-state index contributed by atoms with van der Waals surface area (Å²) in [6, 6.07) is 4.23. The Labute approximate surface area is 87.7 Å². The summed E-state index contributed by atoms with van der Waals surface area (Å²) in [6.45, 7) is 2.38. The summed E-state index contributed by atoms with van der Waals surface area (Å²) in [5.41, 5.74) is 0. The molecule has 1 aromatic rings. The Kier molecular flexibility index (Phi) is 3.53. The summed E-state index contributed by atoms with van der Waals surface area (Å²) < 4.78 is 5.33. The highest BCUT2D eigenvalue weighted by Crippen LogP contribution is 2.23. The predicted molar refractivity (Wildman–Crippen MR) is 56.5 cm³/mol. The van der Waals surface area contributed by atoms with Gasteiger partial charge in [-0.2, -0.15) is 0 Å². The van der Waals surface area contributed by atoms with Gasteiger partial charge in [0.1, 0.15) is 0 Å². The van der Waals surface area contributed by atoms with E-state index in [-0.39, 0.29) is 6.10 Å². The molecule has 0 aromatic carbocycles. The number of ether oxygens (including phenoxy) is 1. The van der Waals surface area contributed by atoms with Gasteiger partial charge in [-0.25, -0.2) is 0 Å². The molecule has 78 valence electrons. The van der Waals surface area contributed by atoms with Gasteiger partial charge < -0.3 is 15.2 Å². The van der Waals surface area contributed by atoms with Crippen molar-refractivity contribution in [2.45, 2.75) is 18.6 Å². The molecule has 1 aliphatic heterocycles. The zero-order valence-electron chi connectivity index (χ0n) is 7.98. The molecule has 14 heavy (non-hydrogen) atoms. The number of rotatable bonds is 3. The second kappa shape index (κ2) is 4.89. The van der Waals surface area contributed by atoms with Gasteiger partial charge in [0.15, 0.2) is 0 Å². The van der Waals surface area contributed by atoms with Crippen LogP contribution < -0.4 is 5.32 Å². The average Bonchev–Trinajstić information content (AvgIpc) is 2.72. The SMILES string of the molecule is O[C@H](C[C@@H]1COCCN1)c1cccs1. The van der Waals surface area contributed by atoms with Gasteiger partial charge in [0.25, 0.3) is 0 Å². The molecule has 1 saturated heterocycles. The molecular formula is C10H15NO2S. The van der Waals surface area contributed by atoms with Gasteiger partial charge in [0.05, 0.1) is 19.3 Å². The van der Waals surface area contributed by atoms with E-state index in [4.69, 9.17) is 4.74 Å². The van der Waals surface area contributed by atoms with E-state index in [0.29, 0.717) is 12.6 Å². The highest BCUT2D eigenvalue weighted by molar-refractivity contribution is 7.10. The quantitative estimate of drug-likeness (QED) is 0.791. The molecule has 2 atom stereocenters. The van der Waals surface area contributed by atoms with Crippen molar-refractivity contribution in [3.63, 3.8) is 0 Å². The van der Waals surface area contributed by atoms with Crippen LogP contribution in [0.2, 0.25) is 0 Å². The van der Waals surface area contributed by atoms with Crippen LogP contribution in [0.4, 0.5) is 0 Å². The lowest BCUT2D eigenvalue weighted by Crippen LogP contribution is -2.41. The van der Waals surface area contributed by atoms with Crippen molar-refractivity contribution in [3.8, 4) is 0 Å². The van der Waals surface area contributed by atoms with Gasteiger partial charge in [0, 0.05) is 17.5 Å². The Morgan fingerprint density at radius 2 is 2.64 bits per heavy atom. The van der Waals surface area contributed by atoms with E-state index in [1.807, 2.05) is 17.5 Å². The molecule has 2 N–H and O–H groups in total. The van der Waals surface area contributed by atoms with Gasteiger partial charge in [-0.3, -0.25) is 0 Å². The summed E-state index contributed by atoms with van der Waals surface area (Å²) in [7, 11) is 0. The lowest BCUT2D eigenvalue weighted by molar-refractivity contribution is 0.0526. The molecule has 0 spiro atoms. The third-order valence-corrected chi connectivity index (χ3v) is 3.35. The van der Waals surface area contributed by atoms with Crippen LogP contribution in [0.15, 0.2) is 17.5 Å². The number of aliphatic hydroxyl groups is 1. The molecule has 1 aromatic heterocycles. The van der Waals surface area contributed by atoms with Crippen molar-refractivity contribution in [2.24, 2.45) is 0 Å². The van der Waals surface area contributed by atoms with Gasteiger partial charge in [-0.15, -0.1) is 11.3 Å². The van der Waals surface area contributed by atoms with Crippen molar-refractivity contribution in [1.29, 1.82) is 0 Å². The topological polar surface area (TPSA) is 41.5 Å². The number of hydrogen-bond donors (Lipinski definition) is 2. The summed E-state index contributed by atoms with van der Waals surface area (Å²) in [6.07, 6.45) is 0.384. The maximum atomic E-state index is 9.88. The van der Waals surface area contributed by atoms with Gasteiger partial charge in [0.2, 0.25) is 0 Å². The van der Waals surface area contributed by atoms with Crippen molar-refractivity contribution < 1.29 is 9.84 Å². The molecule has 2 rings (SSSR count).